The first-order valence-electron chi connectivity index (χ1n) is 50.5. The second-order valence-corrected chi connectivity index (χ2v) is 57.8. The summed E-state index contributed by atoms with van der Waals surface area (Å²) in [6, 6.07) is 117. The largest absolute Gasteiger partial charge is 0.512 e. The average Bonchev–Trinajstić information content (AvgIpc) is 0.772. The van der Waals surface area contributed by atoms with E-state index >= 15 is 0 Å². The Kier molecular flexibility index (Phi) is 45.4. The van der Waals surface area contributed by atoms with E-state index in [4.69, 9.17) is 15.0 Å². The second-order valence-electron chi connectivity index (χ2n) is 42.6. The molecule has 3 heterocycles. The summed E-state index contributed by atoms with van der Waals surface area (Å²) in [6.07, 6.45) is 10.9. The minimum atomic E-state index is -1.42. The van der Waals surface area contributed by atoms with E-state index in [0.29, 0.717) is 11.1 Å². The number of fused-ring (bicyclic) bond motifs is 3. The zero-order valence-corrected chi connectivity index (χ0v) is 99.6. The van der Waals surface area contributed by atoms with Crippen LogP contribution in [-0.2, 0) is 80.7 Å². The monoisotopic (exact) mass is 2500 g/mol. The predicted molar refractivity (Wildman–Crippen MR) is 611 cm³/mol. The molecule has 0 aliphatic rings. The van der Waals surface area contributed by atoms with E-state index in [2.05, 4.69) is 361 Å². The van der Waals surface area contributed by atoms with E-state index < -0.39 is 24.2 Å². The summed E-state index contributed by atoms with van der Waals surface area (Å²) < 4.78 is 0. The number of pyridine rings is 3. The standard InChI is InChI=1S/C30H26NSi.2C28H30NSi.C15H12O2.C15H28O2.C13H24O2.3Ir/c1-32(2,3)26-18-19-29-28(20-26)27(24-12-8-5-9-13-24)21-30(31-29)25-16-14-23(15-17-25)22-10-6-4-7-11-22;2*1-28(2,3)22-14-12-21(13-15-22)27-19-24(20-10-8-7-9-11-20)25-18-23(30(4,5)6)16-17-26(25)29-27;16-14(12-7-3-1-4-8-12)11-15(17)13-9-5-2-6-10-13;1-7-14(5,8-2)12(16)11-13(17)15(6,9-3)10-4;1-5-10(6-2)12(14)9-13(15)11(7-3)8-4;;;/h4-16,18-21H,1-3H3;2*7-12,14-19H,1-6H3;1-11,16H;11,16H,7-10H2,1-6H3;9-11,14H,5-8H2,1-4H3;;;/q3*-1;;;;;;. The SMILES string of the molecule is CC(C)(C)c1c[c-]c(-c2cc(-c3ccccc3)c3cc([Si](C)(C)C)ccc3n2)cc1.CC(C)(C)c1c[c-]c(-c2cc(-c3ccccc3)c3cc([Si](C)(C)C)ccc3n2)cc1.CCC(C)(CC)C(=O)C=C(O)C(C)(CC)CC.CCC(CC)C(=O)C=C(O)C(CC)CC.C[Si](C)(C)c1ccc2nc(-c3[c-]cc(-c4ccccc4)cc3)cc(-c3ccccc3)c2c1.O=C(C=C(O)c1ccccc1)c1ccccc1.[Ir].[Ir].[Ir]. The molecule has 15 rings (SSSR count). The van der Waals surface area contributed by atoms with Crippen LogP contribution >= 0.6 is 0 Å². The first-order chi connectivity index (χ1) is 66.9. The molecule has 0 aliphatic carbocycles. The zero-order chi connectivity index (χ0) is 103. The molecule has 0 aliphatic heterocycles. The van der Waals surface area contributed by atoms with Crippen LogP contribution in [0.15, 0.2) is 339 Å². The van der Waals surface area contributed by atoms with Crippen LogP contribution in [0, 0.1) is 40.9 Å². The van der Waals surface area contributed by atoms with Crippen LogP contribution < -0.4 is 15.6 Å². The van der Waals surface area contributed by atoms with Crippen molar-refractivity contribution >= 4 is 95.6 Å². The number of hydrogen-bond acceptors (Lipinski definition) is 9. The van der Waals surface area contributed by atoms with E-state index in [9.17, 15) is 29.7 Å². The minimum absolute atomic E-state index is 0. The van der Waals surface area contributed by atoms with Crippen molar-refractivity contribution in [2.45, 2.75) is 232 Å². The first-order valence-corrected chi connectivity index (χ1v) is 61.0. The van der Waals surface area contributed by atoms with Gasteiger partial charge in [0, 0.05) is 128 Å². The van der Waals surface area contributed by atoms with Crippen molar-refractivity contribution < 1.29 is 90.0 Å². The fraction of sp³-hybridized carbons (Fsp3) is 0.302. The Morgan fingerprint density at radius 2 is 0.632 bits per heavy atom. The van der Waals surface area contributed by atoms with E-state index in [1.165, 1.54) is 100 Å². The Morgan fingerprint density at radius 3 is 0.917 bits per heavy atom. The number of nitrogens with zero attached hydrogens (tertiary/aromatic N) is 3. The molecule has 3 aromatic heterocycles. The summed E-state index contributed by atoms with van der Waals surface area (Å²) in [5, 5.41) is 37.7. The molecule has 3 N–H and O–H groups in total. The van der Waals surface area contributed by atoms with Crippen LogP contribution in [0.2, 0.25) is 58.9 Å². The number of aliphatic hydroxyl groups is 3. The number of carbonyl (C=O) groups is 3. The van der Waals surface area contributed by atoms with Crippen molar-refractivity contribution in [1.82, 2.24) is 15.0 Å². The van der Waals surface area contributed by atoms with Crippen LogP contribution in [0.4, 0.5) is 0 Å². The van der Waals surface area contributed by atoms with Crippen LogP contribution in [0.25, 0.3) is 117 Å². The number of benzene rings is 12. The van der Waals surface area contributed by atoms with Gasteiger partial charge in [0.1, 0.15) is 11.5 Å². The Balaban J connectivity index is 0.000000239. The molecule has 3 radical (unpaired) electrons. The van der Waals surface area contributed by atoms with Crippen molar-refractivity contribution in [3.05, 3.63) is 380 Å². The molecule has 0 saturated carbocycles. The molecule has 144 heavy (non-hydrogen) atoms. The minimum Gasteiger partial charge on any atom is -0.512 e. The van der Waals surface area contributed by atoms with Crippen molar-refractivity contribution in [2.75, 3.05) is 0 Å². The smallest absolute Gasteiger partial charge is 0.189 e. The average molecular weight is 2500 g/mol. The van der Waals surface area contributed by atoms with Gasteiger partial charge >= 0.3 is 0 Å². The molecule has 15 aromatic rings. The fourth-order valence-electron chi connectivity index (χ4n) is 16.5. The van der Waals surface area contributed by atoms with Crippen molar-refractivity contribution in [3.8, 4) is 78.3 Å². The molecule has 12 aromatic carbocycles. The van der Waals surface area contributed by atoms with E-state index in [1.807, 2.05) is 99.6 Å². The van der Waals surface area contributed by atoms with Gasteiger partial charge in [0.15, 0.2) is 17.3 Å². The Bertz CT molecular complexity index is 6540. The van der Waals surface area contributed by atoms with Gasteiger partial charge in [-0.15, -0.1) is 101 Å². The van der Waals surface area contributed by atoms with Crippen molar-refractivity contribution in [2.24, 2.45) is 22.7 Å². The number of rotatable bonds is 27. The number of aliphatic hydroxyl groups excluding tert-OH is 3. The maximum absolute atomic E-state index is 12.2. The van der Waals surface area contributed by atoms with Gasteiger partial charge in [-0.2, -0.15) is 0 Å². The Morgan fingerprint density at radius 1 is 0.326 bits per heavy atom. The first kappa shape index (κ1) is 120. The summed E-state index contributed by atoms with van der Waals surface area (Å²) in [5.74, 6) is 0.617. The van der Waals surface area contributed by atoms with E-state index in [1.54, 1.807) is 36.4 Å². The number of ketones is 3. The summed E-state index contributed by atoms with van der Waals surface area (Å²) >= 11 is 0. The molecule has 0 bridgehead atoms. The van der Waals surface area contributed by atoms with Gasteiger partial charge in [-0.1, -0.05) is 433 Å². The van der Waals surface area contributed by atoms with Crippen molar-refractivity contribution in [3.63, 3.8) is 0 Å². The molecule has 0 amide bonds. The van der Waals surface area contributed by atoms with Crippen LogP contribution in [0.1, 0.15) is 189 Å². The Hall–Kier alpha value is -10.9. The molecular weight excluding hydrogens is 2350 g/mol. The van der Waals surface area contributed by atoms with Crippen LogP contribution in [0.5, 0.6) is 0 Å². The molecule has 9 nitrogen and oxygen atoms in total. The molecule has 0 unspecified atom stereocenters. The number of aromatic nitrogens is 3. The molecular formula is C129H150Ir3N3O6Si3-3. The van der Waals surface area contributed by atoms with Gasteiger partial charge in [0.2, 0.25) is 0 Å². The zero-order valence-electron chi connectivity index (χ0n) is 89.4. The predicted octanol–water partition coefficient (Wildman–Crippen LogP) is 34.0. The number of allylic oxidation sites excluding steroid dienone is 5. The normalized spacial score (nSPS) is 12.0. The Labute approximate surface area is 905 Å². The second kappa shape index (κ2) is 54.5. The molecule has 0 fully saturated rings. The quantitative estimate of drug-likeness (QED) is 0.0150. The molecule has 15 heteroatoms. The molecule has 759 valence electrons. The maximum atomic E-state index is 12.2. The molecule has 0 atom stereocenters. The number of carbonyl (C=O) groups excluding carboxylic acids is 3. The van der Waals surface area contributed by atoms with Gasteiger partial charge in [-0.25, -0.2) is 0 Å². The number of hydrogen-bond donors (Lipinski definition) is 3. The van der Waals surface area contributed by atoms with Crippen LogP contribution in [-0.4, -0.2) is 71.8 Å². The summed E-state index contributed by atoms with van der Waals surface area (Å²) in [5.41, 5.74) is 22.3. The third-order valence-electron chi connectivity index (χ3n) is 27.5. The fourth-order valence-corrected chi connectivity index (χ4v) is 20.0. The van der Waals surface area contributed by atoms with Gasteiger partial charge < -0.3 is 15.3 Å². The third kappa shape index (κ3) is 32.8. The summed E-state index contributed by atoms with van der Waals surface area (Å²) in [7, 11) is -4.24. The molecule has 0 saturated heterocycles. The van der Waals surface area contributed by atoms with Gasteiger partial charge in [0.05, 0.1) is 46.5 Å². The van der Waals surface area contributed by atoms with Crippen molar-refractivity contribution in [1.29, 1.82) is 0 Å². The van der Waals surface area contributed by atoms with Gasteiger partial charge in [0.25, 0.3) is 0 Å². The summed E-state index contributed by atoms with van der Waals surface area (Å²) in [6.45, 7) is 55.1. The third-order valence-corrected chi connectivity index (χ3v) is 33.6. The van der Waals surface area contributed by atoms with E-state index in [-0.39, 0.29) is 128 Å². The topological polar surface area (TPSA) is 151 Å². The maximum Gasteiger partial charge on any atom is 0.189 e. The van der Waals surface area contributed by atoms with Gasteiger partial charge in [-0.3, -0.25) is 29.3 Å². The van der Waals surface area contributed by atoms with Gasteiger partial charge in [-0.05, 0) is 131 Å². The summed E-state index contributed by atoms with van der Waals surface area (Å²) in [4.78, 5) is 50.8. The molecule has 0 spiro atoms. The van der Waals surface area contributed by atoms with Crippen LogP contribution in [0.3, 0.4) is 0 Å². The van der Waals surface area contributed by atoms with E-state index in [0.717, 1.165) is 107 Å².